The Labute approximate surface area is 144 Å². The van der Waals surface area contributed by atoms with E-state index in [-0.39, 0.29) is 11.5 Å². The quantitative estimate of drug-likeness (QED) is 0.832. The number of aryl methyl sites for hydroxylation is 1. The first-order valence-corrected chi connectivity index (χ1v) is 9.60. The van der Waals surface area contributed by atoms with Gasteiger partial charge in [0.15, 0.2) is 9.84 Å². The lowest BCUT2D eigenvalue weighted by atomic mass is 10.1. The summed E-state index contributed by atoms with van der Waals surface area (Å²) in [6, 6.07) is 14.1. The fourth-order valence-corrected chi connectivity index (χ4v) is 5.67. The lowest BCUT2D eigenvalue weighted by molar-refractivity contribution is 0.253. The van der Waals surface area contributed by atoms with Gasteiger partial charge in [-0.1, -0.05) is 45.8 Å². The minimum Gasteiger partial charge on any atom is -0.394 e. The first-order chi connectivity index (χ1) is 10.8. The molecule has 6 heteroatoms. The molecule has 2 aromatic rings. The highest BCUT2D eigenvalue weighted by Gasteiger charge is 2.69. The maximum atomic E-state index is 12.9. The van der Waals surface area contributed by atoms with Gasteiger partial charge in [-0.3, -0.25) is 0 Å². The van der Waals surface area contributed by atoms with Gasteiger partial charge in [0.1, 0.15) is 0 Å². The summed E-state index contributed by atoms with van der Waals surface area (Å²) in [7, 11) is -3.61. The Morgan fingerprint density at radius 3 is 2.22 bits per heavy atom. The van der Waals surface area contributed by atoms with Crippen LogP contribution in [0, 0.1) is 6.92 Å². The number of nitrogens with two attached hydrogens (primary N) is 1. The molecule has 0 radical (unpaired) electrons. The maximum absolute atomic E-state index is 12.9. The highest BCUT2D eigenvalue weighted by atomic mass is 79.9. The van der Waals surface area contributed by atoms with Crippen LogP contribution in [0.1, 0.15) is 17.0 Å². The molecule has 0 heterocycles. The van der Waals surface area contributed by atoms with E-state index in [2.05, 4.69) is 15.9 Å². The Hall–Kier alpha value is -1.21. The second-order valence-corrected chi connectivity index (χ2v) is 9.06. The van der Waals surface area contributed by atoms with E-state index in [1.165, 1.54) is 0 Å². The predicted octanol–water partition coefficient (Wildman–Crippen LogP) is 2.39. The largest absolute Gasteiger partial charge is 0.394 e. The van der Waals surface area contributed by atoms with Crippen LogP contribution in [0.3, 0.4) is 0 Å². The molecule has 4 nitrogen and oxygen atoms in total. The average Bonchev–Trinajstić information content (AvgIpc) is 3.16. The number of aliphatic hydroxyl groups is 1. The molecule has 3 N–H and O–H groups in total. The summed E-state index contributed by atoms with van der Waals surface area (Å²) in [5.74, 6) is -0.410. The number of aliphatic hydroxyl groups excluding tert-OH is 1. The van der Waals surface area contributed by atoms with E-state index in [1.54, 1.807) is 24.3 Å². The Balaban J connectivity index is 2.01. The van der Waals surface area contributed by atoms with Gasteiger partial charge in [0.2, 0.25) is 0 Å². The van der Waals surface area contributed by atoms with Gasteiger partial charge >= 0.3 is 0 Å². The van der Waals surface area contributed by atoms with Crippen molar-refractivity contribution in [3.05, 3.63) is 64.1 Å². The average molecular weight is 396 g/mol. The van der Waals surface area contributed by atoms with E-state index in [4.69, 9.17) is 5.73 Å². The summed E-state index contributed by atoms with van der Waals surface area (Å²) in [5.41, 5.74) is 6.89. The molecule has 3 rings (SSSR count). The topological polar surface area (TPSA) is 80.4 Å². The normalized spacial score (nSPS) is 27.0. The van der Waals surface area contributed by atoms with Crippen LogP contribution in [0.25, 0.3) is 0 Å². The molecule has 0 aromatic heterocycles. The van der Waals surface area contributed by atoms with E-state index < -0.39 is 26.5 Å². The minimum absolute atomic E-state index is 0.246. The molecule has 1 saturated carbocycles. The molecule has 0 amide bonds. The molecule has 0 unspecified atom stereocenters. The standard InChI is InChI=1S/C17H18BrNO3S/c1-11-2-8-14(9-3-11)23(21,22)16-15(17(16,19)10-20)12-4-6-13(18)7-5-12/h2-9,15-16,20H,10,19H2,1H3/t15-,16-,17-/m0/s1. The molecule has 0 bridgehead atoms. The zero-order chi connectivity index (χ0) is 16.8. The van der Waals surface area contributed by atoms with Crippen molar-refractivity contribution in [2.75, 3.05) is 6.61 Å². The fourth-order valence-electron chi connectivity index (χ4n) is 3.11. The van der Waals surface area contributed by atoms with Crippen LogP contribution in [0.2, 0.25) is 0 Å². The third kappa shape index (κ3) is 2.74. The van der Waals surface area contributed by atoms with E-state index >= 15 is 0 Å². The summed E-state index contributed by atoms with van der Waals surface area (Å²) in [6.45, 7) is 1.53. The summed E-state index contributed by atoms with van der Waals surface area (Å²) >= 11 is 3.36. The first-order valence-electron chi connectivity index (χ1n) is 7.26. The molecule has 0 saturated heterocycles. The van der Waals surface area contributed by atoms with Gasteiger partial charge in [-0.2, -0.15) is 0 Å². The number of hydrogen-bond acceptors (Lipinski definition) is 4. The van der Waals surface area contributed by atoms with Gasteiger partial charge in [-0.05, 0) is 36.8 Å². The van der Waals surface area contributed by atoms with Crippen molar-refractivity contribution in [2.45, 2.75) is 28.5 Å². The smallest absolute Gasteiger partial charge is 0.183 e. The van der Waals surface area contributed by atoms with Gasteiger partial charge in [0.05, 0.1) is 22.3 Å². The van der Waals surface area contributed by atoms with Crippen molar-refractivity contribution in [1.82, 2.24) is 0 Å². The third-order valence-corrected chi connectivity index (χ3v) is 7.33. The summed E-state index contributed by atoms with van der Waals surface area (Å²) in [5, 5.41) is 8.86. The molecule has 1 fully saturated rings. The lowest BCUT2D eigenvalue weighted by Crippen LogP contribution is -2.35. The monoisotopic (exact) mass is 395 g/mol. The van der Waals surface area contributed by atoms with Gasteiger partial charge in [-0.25, -0.2) is 8.42 Å². The van der Waals surface area contributed by atoms with Crippen LogP contribution < -0.4 is 5.73 Å². The molecule has 23 heavy (non-hydrogen) atoms. The van der Waals surface area contributed by atoms with Gasteiger partial charge in [-0.15, -0.1) is 0 Å². The second kappa shape index (κ2) is 5.70. The minimum atomic E-state index is -3.61. The van der Waals surface area contributed by atoms with E-state index in [1.807, 2.05) is 31.2 Å². The summed E-state index contributed by atoms with van der Waals surface area (Å²) < 4.78 is 26.8. The van der Waals surface area contributed by atoms with Crippen molar-refractivity contribution in [1.29, 1.82) is 0 Å². The van der Waals surface area contributed by atoms with Gasteiger partial charge in [0, 0.05) is 10.4 Å². The van der Waals surface area contributed by atoms with Crippen molar-refractivity contribution in [3.8, 4) is 0 Å². The van der Waals surface area contributed by atoms with Crippen LogP contribution >= 0.6 is 15.9 Å². The Morgan fingerprint density at radius 2 is 1.70 bits per heavy atom. The number of halogens is 1. The molecule has 1 aliphatic rings. The highest BCUT2D eigenvalue weighted by molar-refractivity contribution is 9.10. The lowest BCUT2D eigenvalue weighted by Gasteiger charge is -2.08. The molecule has 2 aromatic carbocycles. The molecular formula is C17H18BrNO3S. The van der Waals surface area contributed by atoms with E-state index in [0.717, 1.165) is 15.6 Å². The molecule has 0 spiro atoms. The second-order valence-electron chi connectivity index (χ2n) is 6.08. The Kier molecular flexibility index (Phi) is 4.13. The van der Waals surface area contributed by atoms with Crippen molar-refractivity contribution in [2.24, 2.45) is 5.73 Å². The molecule has 122 valence electrons. The van der Waals surface area contributed by atoms with Crippen LogP contribution in [0.4, 0.5) is 0 Å². The van der Waals surface area contributed by atoms with Gasteiger partial charge < -0.3 is 10.8 Å². The van der Waals surface area contributed by atoms with Crippen LogP contribution in [0.15, 0.2) is 57.9 Å². The number of benzene rings is 2. The van der Waals surface area contributed by atoms with Crippen LogP contribution in [-0.2, 0) is 9.84 Å². The van der Waals surface area contributed by atoms with Gasteiger partial charge in [0.25, 0.3) is 0 Å². The SMILES string of the molecule is Cc1ccc(S(=O)(=O)[C@H]2[C@H](c3ccc(Br)cc3)[C@@]2(N)CO)cc1. The first kappa shape index (κ1) is 16.6. The Bertz CT molecular complexity index is 818. The van der Waals surface area contributed by atoms with E-state index in [0.29, 0.717) is 0 Å². The fraction of sp³-hybridized carbons (Fsp3) is 0.294. The maximum Gasteiger partial charge on any atom is 0.183 e. The third-order valence-electron chi connectivity index (χ3n) is 4.49. The highest BCUT2D eigenvalue weighted by Crippen LogP contribution is 2.55. The molecule has 3 atom stereocenters. The zero-order valence-corrected chi connectivity index (χ0v) is 15.0. The zero-order valence-electron chi connectivity index (χ0n) is 12.6. The summed E-state index contributed by atoms with van der Waals surface area (Å²) in [4.78, 5) is 0.246. The Morgan fingerprint density at radius 1 is 1.13 bits per heavy atom. The summed E-state index contributed by atoms with van der Waals surface area (Å²) in [6.07, 6.45) is 0. The molecule has 0 aliphatic heterocycles. The van der Waals surface area contributed by atoms with Crippen LogP contribution in [0.5, 0.6) is 0 Å². The number of sulfone groups is 1. The molecule has 1 aliphatic carbocycles. The number of hydrogen-bond donors (Lipinski definition) is 2. The van der Waals surface area contributed by atoms with Crippen molar-refractivity contribution in [3.63, 3.8) is 0 Å². The van der Waals surface area contributed by atoms with Crippen molar-refractivity contribution < 1.29 is 13.5 Å². The molecular weight excluding hydrogens is 378 g/mol. The van der Waals surface area contributed by atoms with Crippen LogP contribution in [-0.4, -0.2) is 30.9 Å². The predicted molar refractivity (Wildman–Crippen MR) is 93.0 cm³/mol. The van der Waals surface area contributed by atoms with Crippen molar-refractivity contribution >= 4 is 25.8 Å². The number of rotatable bonds is 4. The van der Waals surface area contributed by atoms with E-state index in [9.17, 15) is 13.5 Å².